The van der Waals surface area contributed by atoms with Crippen molar-refractivity contribution in [1.29, 1.82) is 0 Å². The van der Waals surface area contributed by atoms with Gasteiger partial charge in [0.25, 0.3) is 5.91 Å². The molecule has 1 atom stereocenters. The summed E-state index contributed by atoms with van der Waals surface area (Å²) < 4.78 is 5.44. The highest BCUT2D eigenvalue weighted by molar-refractivity contribution is 8.00. The first-order valence-electron chi connectivity index (χ1n) is 8.14. The van der Waals surface area contributed by atoms with E-state index in [1.807, 2.05) is 6.92 Å². The van der Waals surface area contributed by atoms with Crippen LogP contribution in [0.25, 0.3) is 0 Å². The monoisotopic (exact) mass is 374 g/mol. The quantitative estimate of drug-likeness (QED) is 0.762. The summed E-state index contributed by atoms with van der Waals surface area (Å²) in [5.41, 5.74) is 0.461. The first-order valence-corrected chi connectivity index (χ1v) is 9.02. The molecule has 8 nitrogen and oxygen atoms in total. The van der Waals surface area contributed by atoms with Gasteiger partial charge in [-0.15, -0.1) is 22.0 Å². The van der Waals surface area contributed by atoms with Gasteiger partial charge in [-0.2, -0.15) is 0 Å². The van der Waals surface area contributed by atoms with Crippen LogP contribution in [0.1, 0.15) is 35.5 Å². The van der Waals surface area contributed by atoms with Crippen molar-refractivity contribution in [3.63, 3.8) is 0 Å². The van der Waals surface area contributed by atoms with E-state index in [9.17, 15) is 14.4 Å². The molecule has 0 spiro atoms. The molecule has 1 aromatic heterocycles. The fraction of sp³-hybridized carbons (Fsp3) is 0.353. The van der Waals surface area contributed by atoms with Crippen molar-refractivity contribution >= 4 is 29.5 Å². The van der Waals surface area contributed by atoms with Crippen LogP contribution in [0.2, 0.25) is 0 Å². The summed E-state index contributed by atoms with van der Waals surface area (Å²) in [6.45, 7) is 2.09. The van der Waals surface area contributed by atoms with Crippen LogP contribution in [0.5, 0.6) is 0 Å². The topological polar surface area (TPSA) is 105 Å². The number of thioether (sulfide) groups is 1. The second-order valence-electron chi connectivity index (χ2n) is 5.82. The molecule has 3 rings (SSSR count). The van der Waals surface area contributed by atoms with Crippen LogP contribution in [0.15, 0.2) is 33.6 Å². The predicted octanol–water partition coefficient (Wildman–Crippen LogP) is 1.41. The second kappa shape index (κ2) is 7.69. The van der Waals surface area contributed by atoms with Crippen molar-refractivity contribution in [3.05, 3.63) is 41.6 Å². The number of imide groups is 1. The zero-order valence-electron chi connectivity index (χ0n) is 14.4. The SMILES string of the molecule is CCc1nnc(CN(C)C(=O)c2ccccc2SC2CC(=O)NC2=O)o1. The summed E-state index contributed by atoms with van der Waals surface area (Å²) >= 11 is 1.22. The molecule has 1 aromatic carbocycles. The van der Waals surface area contributed by atoms with Gasteiger partial charge in [-0.25, -0.2) is 0 Å². The largest absolute Gasteiger partial charge is 0.423 e. The van der Waals surface area contributed by atoms with Crippen molar-refractivity contribution in [2.45, 2.75) is 36.5 Å². The lowest BCUT2D eigenvalue weighted by atomic mass is 10.2. The van der Waals surface area contributed by atoms with Gasteiger partial charge in [-0.1, -0.05) is 19.1 Å². The summed E-state index contributed by atoms with van der Waals surface area (Å²) in [5.74, 6) is 0.0384. The molecular formula is C17H18N4O4S. The van der Waals surface area contributed by atoms with Gasteiger partial charge in [0, 0.05) is 24.8 Å². The first-order chi connectivity index (χ1) is 12.5. The van der Waals surface area contributed by atoms with E-state index < -0.39 is 5.25 Å². The van der Waals surface area contributed by atoms with Gasteiger partial charge in [-0.3, -0.25) is 19.7 Å². The molecule has 9 heteroatoms. The maximum absolute atomic E-state index is 12.8. The van der Waals surface area contributed by atoms with E-state index in [2.05, 4.69) is 15.5 Å². The van der Waals surface area contributed by atoms with Gasteiger partial charge in [0.15, 0.2) is 0 Å². The van der Waals surface area contributed by atoms with Crippen LogP contribution in [-0.2, 0) is 22.6 Å². The normalized spacial score (nSPS) is 16.6. The summed E-state index contributed by atoms with van der Waals surface area (Å²) in [5, 5.41) is 9.56. The molecule has 0 saturated carbocycles. The molecule has 1 unspecified atom stereocenters. The van der Waals surface area contributed by atoms with Crippen molar-refractivity contribution in [2.75, 3.05) is 7.05 Å². The minimum atomic E-state index is -0.523. The maximum atomic E-state index is 12.8. The zero-order chi connectivity index (χ0) is 18.7. The van der Waals surface area contributed by atoms with Crippen molar-refractivity contribution in [3.8, 4) is 0 Å². The lowest BCUT2D eigenvalue weighted by Gasteiger charge is -2.17. The Morgan fingerprint density at radius 1 is 1.31 bits per heavy atom. The van der Waals surface area contributed by atoms with E-state index in [1.54, 1.807) is 31.3 Å². The van der Waals surface area contributed by atoms with Crippen molar-refractivity contribution in [1.82, 2.24) is 20.4 Å². The number of carbonyl (C=O) groups excluding carboxylic acids is 3. The highest BCUT2D eigenvalue weighted by Crippen LogP contribution is 2.31. The Labute approximate surface area is 154 Å². The lowest BCUT2D eigenvalue weighted by Crippen LogP contribution is -2.27. The van der Waals surface area contributed by atoms with Gasteiger partial charge < -0.3 is 9.32 Å². The van der Waals surface area contributed by atoms with E-state index >= 15 is 0 Å². The number of hydrogen-bond donors (Lipinski definition) is 1. The second-order valence-corrected chi connectivity index (χ2v) is 7.07. The summed E-state index contributed by atoms with van der Waals surface area (Å²) in [7, 11) is 1.64. The van der Waals surface area contributed by atoms with Crippen LogP contribution < -0.4 is 5.32 Å². The van der Waals surface area contributed by atoms with Crippen LogP contribution in [0.4, 0.5) is 0 Å². The number of rotatable bonds is 6. The van der Waals surface area contributed by atoms with E-state index in [0.29, 0.717) is 28.7 Å². The molecule has 0 aliphatic carbocycles. The van der Waals surface area contributed by atoms with Crippen LogP contribution in [-0.4, -0.2) is 45.1 Å². The number of carbonyl (C=O) groups is 3. The molecule has 1 saturated heterocycles. The third kappa shape index (κ3) is 3.93. The Morgan fingerprint density at radius 2 is 2.04 bits per heavy atom. The Balaban J connectivity index is 1.74. The Hall–Kier alpha value is -2.68. The predicted molar refractivity (Wildman–Crippen MR) is 93.3 cm³/mol. The van der Waals surface area contributed by atoms with Gasteiger partial charge in [-0.05, 0) is 12.1 Å². The Kier molecular flexibility index (Phi) is 5.36. The highest BCUT2D eigenvalue weighted by atomic mass is 32.2. The number of hydrogen-bond acceptors (Lipinski definition) is 7. The van der Waals surface area contributed by atoms with Crippen LogP contribution >= 0.6 is 11.8 Å². The van der Waals surface area contributed by atoms with Crippen LogP contribution in [0, 0.1) is 0 Å². The molecule has 0 bridgehead atoms. The number of nitrogens with one attached hydrogen (secondary N) is 1. The average molecular weight is 374 g/mol. The Bertz CT molecular complexity index is 851. The summed E-state index contributed by atoms with van der Waals surface area (Å²) in [6.07, 6.45) is 0.746. The smallest absolute Gasteiger partial charge is 0.255 e. The first kappa shape index (κ1) is 18.1. The van der Waals surface area contributed by atoms with E-state index in [1.165, 1.54) is 16.7 Å². The summed E-state index contributed by atoms with van der Waals surface area (Å²) in [6, 6.07) is 7.01. The Morgan fingerprint density at radius 3 is 2.69 bits per heavy atom. The molecule has 1 N–H and O–H groups in total. The minimum Gasteiger partial charge on any atom is -0.423 e. The fourth-order valence-corrected chi connectivity index (χ4v) is 3.65. The molecule has 26 heavy (non-hydrogen) atoms. The van der Waals surface area contributed by atoms with Gasteiger partial charge >= 0.3 is 0 Å². The molecular weight excluding hydrogens is 356 g/mol. The molecule has 2 aromatic rings. The van der Waals surface area contributed by atoms with Crippen molar-refractivity contribution in [2.24, 2.45) is 0 Å². The molecule has 3 amide bonds. The molecule has 0 radical (unpaired) electrons. The third-order valence-electron chi connectivity index (χ3n) is 3.84. The van der Waals surface area contributed by atoms with E-state index in [4.69, 9.17) is 4.42 Å². The number of aryl methyl sites for hydroxylation is 1. The minimum absolute atomic E-state index is 0.115. The van der Waals surface area contributed by atoms with E-state index in [-0.39, 0.29) is 30.7 Å². The van der Waals surface area contributed by atoms with Crippen LogP contribution in [0.3, 0.4) is 0 Å². The number of amides is 3. The third-order valence-corrected chi connectivity index (χ3v) is 5.12. The van der Waals surface area contributed by atoms with Gasteiger partial charge in [0.05, 0.1) is 17.4 Å². The molecule has 1 fully saturated rings. The average Bonchev–Trinajstić information content (AvgIpc) is 3.20. The molecule has 1 aliphatic rings. The lowest BCUT2D eigenvalue weighted by molar-refractivity contribution is -0.124. The van der Waals surface area contributed by atoms with Gasteiger partial charge in [0.1, 0.15) is 0 Å². The van der Waals surface area contributed by atoms with E-state index in [0.717, 1.165) is 0 Å². The molecule has 1 aliphatic heterocycles. The number of benzene rings is 1. The zero-order valence-corrected chi connectivity index (χ0v) is 15.2. The molecule has 2 heterocycles. The molecule has 136 valence electrons. The number of aromatic nitrogens is 2. The van der Waals surface area contributed by atoms with Crippen molar-refractivity contribution < 1.29 is 18.8 Å². The summed E-state index contributed by atoms with van der Waals surface area (Å²) in [4.78, 5) is 38.1. The number of nitrogens with zero attached hydrogens (tertiary/aromatic N) is 3. The van der Waals surface area contributed by atoms with Gasteiger partial charge in [0.2, 0.25) is 23.6 Å². The standard InChI is InChI=1S/C17H18N4O4S/c1-3-14-19-20-15(25-14)9-21(2)17(24)10-6-4-5-7-11(10)26-12-8-13(22)18-16(12)23/h4-7,12H,3,8-9H2,1-2H3,(H,18,22,23). The highest BCUT2D eigenvalue weighted by Gasteiger charge is 2.32. The fourth-order valence-electron chi connectivity index (χ4n) is 2.50. The maximum Gasteiger partial charge on any atom is 0.255 e.